The van der Waals surface area contributed by atoms with Gasteiger partial charge in [-0.25, -0.2) is 0 Å². The van der Waals surface area contributed by atoms with Crippen molar-refractivity contribution in [2.75, 3.05) is 13.2 Å². The molecule has 0 saturated carbocycles. The number of rotatable bonds is 7. The number of carbonyl (C=O) groups is 1. The zero-order chi connectivity index (χ0) is 22.3. The van der Waals surface area contributed by atoms with E-state index in [0.29, 0.717) is 30.5 Å². The van der Waals surface area contributed by atoms with Gasteiger partial charge >= 0.3 is 5.97 Å². The fourth-order valence-electron chi connectivity index (χ4n) is 3.50. The molecule has 2 heterocycles. The Morgan fingerprint density at radius 1 is 1.19 bits per heavy atom. The Hall–Kier alpha value is -3.98. The van der Waals surface area contributed by atoms with Crippen LogP contribution < -0.4 is 14.2 Å². The molecule has 3 aromatic rings. The molecule has 0 saturated heterocycles. The fourth-order valence-corrected chi connectivity index (χ4v) is 3.50. The van der Waals surface area contributed by atoms with Crippen LogP contribution in [0.3, 0.4) is 0 Å². The lowest BCUT2D eigenvalue weighted by Gasteiger charge is -2.27. The summed E-state index contributed by atoms with van der Waals surface area (Å²) >= 11 is 0. The highest BCUT2D eigenvalue weighted by Crippen LogP contribution is 2.35. The van der Waals surface area contributed by atoms with Gasteiger partial charge in [-0.3, -0.25) is 9.78 Å². The number of fused-ring (bicyclic) bond motifs is 1. The van der Waals surface area contributed by atoms with Crippen LogP contribution in [0.15, 0.2) is 67.0 Å². The average molecular weight is 429 g/mol. The van der Waals surface area contributed by atoms with Crippen molar-refractivity contribution in [3.05, 3.63) is 72.6 Å². The number of ether oxygens (including phenoxy) is 3. The summed E-state index contributed by atoms with van der Waals surface area (Å²) in [5.41, 5.74) is 2.86. The number of aromatic nitrogens is 1. The number of carboxylic acid groups (broad SMARTS) is 1. The van der Waals surface area contributed by atoms with E-state index in [2.05, 4.69) is 16.8 Å². The topological polar surface area (TPSA) is 77.9 Å². The fraction of sp³-hybridized carbons (Fsp3) is 0.231. The molecule has 0 fully saturated rings. The summed E-state index contributed by atoms with van der Waals surface area (Å²) in [5, 5.41) is 9.09. The second-order valence-electron chi connectivity index (χ2n) is 7.38. The Labute approximate surface area is 186 Å². The monoisotopic (exact) mass is 429 g/mol. The smallest absolute Gasteiger partial charge is 0.304 e. The van der Waals surface area contributed by atoms with Gasteiger partial charge in [-0.15, -0.1) is 5.92 Å². The van der Waals surface area contributed by atoms with Crippen LogP contribution in [0.5, 0.6) is 17.2 Å². The lowest BCUT2D eigenvalue weighted by molar-refractivity contribution is -0.137. The van der Waals surface area contributed by atoms with E-state index in [1.807, 2.05) is 60.8 Å². The zero-order valence-electron chi connectivity index (χ0n) is 17.7. The largest absolute Gasteiger partial charge is 0.490 e. The predicted molar refractivity (Wildman–Crippen MR) is 120 cm³/mol. The quantitative estimate of drug-likeness (QED) is 0.555. The lowest BCUT2D eigenvalue weighted by atomic mass is 9.96. The van der Waals surface area contributed by atoms with Gasteiger partial charge in [-0.1, -0.05) is 30.2 Å². The summed E-state index contributed by atoms with van der Waals surface area (Å²) in [6.07, 6.45) is 3.26. The van der Waals surface area contributed by atoms with Gasteiger partial charge in [0.25, 0.3) is 0 Å². The number of hydrogen-bond acceptors (Lipinski definition) is 5. The second kappa shape index (κ2) is 9.88. The molecule has 32 heavy (non-hydrogen) atoms. The van der Waals surface area contributed by atoms with Crippen molar-refractivity contribution in [3.8, 4) is 40.2 Å². The minimum absolute atomic E-state index is 0.0330. The molecule has 0 bridgehead atoms. The molecule has 0 spiro atoms. The summed E-state index contributed by atoms with van der Waals surface area (Å²) in [4.78, 5) is 15.2. The molecule has 0 aliphatic carbocycles. The van der Waals surface area contributed by atoms with Crippen LogP contribution >= 0.6 is 0 Å². The first-order chi connectivity index (χ1) is 15.6. The maximum Gasteiger partial charge on any atom is 0.304 e. The first-order valence-electron chi connectivity index (χ1n) is 10.3. The molecule has 1 aliphatic rings. The van der Waals surface area contributed by atoms with E-state index >= 15 is 0 Å². The van der Waals surface area contributed by atoms with Crippen LogP contribution in [0, 0.1) is 11.8 Å². The average Bonchev–Trinajstić information content (AvgIpc) is 2.82. The number of pyridine rings is 1. The molecular weight excluding hydrogens is 406 g/mol. The predicted octanol–water partition coefficient (Wildman–Crippen LogP) is 4.55. The second-order valence-corrected chi connectivity index (χ2v) is 7.38. The Balaban J connectivity index is 1.38. The van der Waals surface area contributed by atoms with E-state index in [1.54, 1.807) is 13.1 Å². The Bertz CT molecular complexity index is 1130. The van der Waals surface area contributed by atoms with Crippen molar-refractivity contribution >= 4 is 5.97 Å². The van der Waals surface area contributed by atoms with Gasteiger partial charge in [0.05, 0.1) is 12.3 Å². The number of nitrogens with zero attached hydrogens (tertiary/aromatic N) is 1. The van der Waals surface area contributed by atoms with Crippen molar-refractivity contribution in [1.82, 2.24) is 4.98 Å². The maximum absolute atomic E-state index is 11.1. The molecule has 0 radical (unpaired) electrons. The van der Waals surface area contributed by atoms with Crippen LogP contribution in [0.4, 0.5) is 0 Å². The van der Waals surface area contributed by atoms with Gasteiger partial charge in [0.2, 0.25) is 0 Å². The molecular formula is C26H23NO5. The molecule has 6 nitrogen and oxygen atoms in total. The van der Waals surface area contributed by atoms with Crippen LogP contribution in [-0.4, -0.2) is 35.4 Å². The van der Waals surface area contributed by atoms with Crippen molar-refractivity contribution in [1.29, 1.82) is 0 Å². The first kappa shape index (κ1) is 21.3. The molecule has 1 aliphatic heterocycles. The van der Waals surface area contributed by atoms with Gasteiger partial charge in [-0.05, 0) is 48.4 Å². The summed E-state index contributed by atoms with van der Waals surface area (Å²) in [5.74, 6) is 6.59. The third kappa shape index (κ3) is 5.19. The van der Waals surface area contributed by atoms with E-state index < -0.39 is 5.97 Å². The maximum atomic E-state index is 11.1. The van der Waals surface area contributed by atoms with Crippen LogP contribution in [0.1, 0.15) is 24.8 Å². The standard InChI is InChI=1S/C26H23NO5/c1-2-4-19(14-26(28)29)18-6-9-22(10-7-18)30-16-23-17-31-24-11-8-20(13-25(24)32-23)21-5-3-12-27-15-21/h3,5-13,15,19,23H,14,16-17H2,1H3,(H,28,29)/t19-,23-/m0/s1. The zero-order valence-corrected chi connectivity index (χ0v) is 17.7. The number of aliphatic carboxylic acids is 1. The molecule has 0 unspecified atom stereocenters. The highest BCUT2D eigenvalue weighted by atomic mass is 16.6. The Kier molecular flexibility index (Phi) is 6.57. The summed E-state index contributed by atoms with van der Waals surface area (Å²) in [6, 6.07) is 17.1. The van der Waals surface area contributed by atoms with Gasteiger partial charge in [0.1, 0.15) is 19.0 Å². The van der Waals surface area contributed by atoms with Crippen LogP contribution in [0.2, 0.25) is 0 Å². The van der Waals surface area contributed by atoms with Crippen molar-refractivity contribution < 1.29 is 24.1 Å². The molecule has 0 amide bonds. The summed E-state index contributed by atoms with van der Waals surface area (Å²) in [6.45, 7) is 2.42. The highest BCUT2D eigenvalue weighted by molar-refractivity contribution is 5.69. The normalized spacial score (nSPS) is 15.2. The van der Waals surface area contributed by atoms with Crippen molar-refractivity contribution in [3.63, 3.8) is 0 Å². The molecule has 1 aromatic heterocycles. The molecule has 4 rings (SSSR count). The van der Waals surface area contributed by atoms with E-state index in [0.717, 1.165) is 16.7 Å². The number of benzene rings is 2. The van der Waals surface area contributed by atoms with E-state index in [4.69, 9.17) is 19.3 Å². The van der Waals surface area contributed by atoms with Gasteiger partial charge < -0.3 is 19.3 Å². The minimum atomic E-state index is -0.875. The number of hydrogen-bond donors (Lipinski definition) is 1. The summed E-state index contributed by atoms with van der Waals surface area (Å²) in [7, 11) is 0. The SMILES string of the molecule is CC#C[C@@H](CC(=O)O)c1ccc(OC[C@H]2COc3ccc(-c4cccnc4)cc3O2)cc1. The Morgan fingerprint density at radius 3 is 2.75 bits per heavy atom. The van der Waals surface area contributed by atoms with E-state index in [1.165, 1.54) is 0 Å². The van der Waals surface area contributed by atoms with Crippen molar-refractivity contribution in [2.45, 2.75) is 25.4 Å². The van der Waals surface area contributed by atoms with E-state index in [-0.39, 0.29) is 18.4 Å². The number of carboxylic acids is 1. The van der Waals surface area contributed by atoms with Gasteiger partial charge in [-0.2, -0.15) is 0 Å². The molecule has 6 heteroatoms. The third-order valence-corrected chi connectivity index (χ3v) is 5.07. The van der Waals surface area contributed by atoms with E-state index in [9.17, 15) is 4.79 Å². The summed E-state index contributed by atoms with van der Waals surface area (Å²) < 4.78 is 17.8. The molecule has 162 valence electrons. The third-order valence-electron chi connectivity index (χ3n) is 5.07. The first-order valence-corrected chi connectivity index (χ1v) is 10.3. The van der Waals surface area contributed by atoms with Gasteiger partial charge in [0, 0.05) is 18.0 Å². The van der Waals surface area contributed by atoms with Crippen molar-refractivity contribution in [2.24, 2.45) is 0 Å². The van der Waals surface area contributed by atoms with Gasteiger partial charge in [0.15, 0.2) is 17.6 Å². The van der Waals surface area contributed by atoms with Crippen LogP contribution in [-0.2, 0) is 4.79 Å². The van der Waals surface area contributed by atoms with Crippen LogP contribution in [0.25, 0.3) is 11.1 Å². The lowest BCUT2D eigenvalue weighted by Crippen LogP contribution is -2.34. The Morgan fingerprint density at radius 2 is 2.03 bits per heavy atom. The minimum Gasteiger partial charge on any atom is -0.490 e. The molecule has 2 atom stereocenters. The molecule has 1 N–H and O–H groups in total. The molecule has 2 aromatic carbocycles. The highest BCUT2D eigenvalue weighted by Gasteiger charge is 2.22.